The lowest BCUT2D eigenvalue weighted by Gasteiger charge is -2.11. The molecule has 11 heteroatoms. The first-order chi connectivity index (χ1) is 12.3. The second-order valence-electron chi connectivity index (χ2n) is 5.68. The number of carbonyl (C=O) groups excluding carboxylic acids is 1. The molecule has 2 aromatic rings. The van der Waals surface area contributed by atoms with Crippen LogP contribution in [-0.2, 0) is 21.2 Å². The molecule has 0 fully saturated rings. The molecule has 0 saturated heterocycles. The standard InChI is InChI=1S/C15H16FN3O5S2/c1-8-14(25-15(21)19-8)26(22,23)18-5-4-17-13(20)12-7-9-6-10(16)2-3-11(9)24-12/h2-3,6,12,18H,4-5,7H2,1H3,(H,17,20)(H,19,21)/t12-/m0/s1. The quantitative estimate of drug-likeness (QED) is 0.601. The molecule has 140 valence electrons. The fraction of sp³-hybridized carbons (Fsp3) is 0.333. The van der Waals surface area contributed by atoms with Gasteiger partial charge in [0.15, 0.2) is 10.3 Å². The first-order valence-corrected chi connectivity index (χ1v) is 9.98. The topological polar surface area (TPSA) is 117 Å². The SMILES string of the molecule is Cc1[nH]c(=O)sc1S(=O)(=O)NCCNC(=O)[C@@H]1Cc2cc(F)ccc2O1. The van der Waals surface area contributed by atoms with E-state index in [9.17, 15) is 22.4 Å². The Balaban J connectivity index is 1.49. The number of H-pyrrole nitrogens is 1. The molecule has 1 aromatic carbocycles. The summed E-state index contributed by atoms with van der Waals surface area (Å²) in [5.74, 6) is -0.349. The monoisotopic (exact) mass is 401 g/mol. The van der Waals surface area contributed by atoms with Crippen molar-refractivity contribution >= 4 is 27.3 Å². The van der Waals surface area contributed by atoms with Crippen molar-refractivity contribution in [2.24, 2.45) is 0 Å². The van der Waals surface area contributed by atoms with Crippen LogP contribution >= 0.6 is 11.3 Å². The summed E-state index contributed by atoms with van der Waals surface area (Å²) in [6.07, 6.45) is -0.526. The third kappa shape index (κ3) is 3.94. The number of fused-ring (bicyclic) bond motifs is 1. The molecule has 0 spiro atoms. The molecule has 2 heterocycles. The van der Waals surface area contributed by atoms with E-state index < -0.39 is 32.7 Å². The number of aryl methyl sites for hydroxylation is 1. The molecule has 1 aromatic heterocycles. The minimum absolute atomic E-state index is 0.0427. The number of benzene rings is 1. The predicted octanol–water partition coefficient (Wildman–Crippen LogP) is 0.282. The van der Waals surface area contributed by atoms with Crippen molar-refractivity contribution in [3.8, 4) is 5.75 Å². The second kappa shape index (κ2) is 7.17. The summed E-state index contributed by atoms with van der Waals surface area (Å²) in [6, 6.07) is 4.04. The lowest BCUT2D eigenvalue weighted by Crippen LogP contribution is -2.41. The molecule has 3 rings (SSSR count). The van der Waals surface area contributed by atoms with Crippen LogP contribution in [0.2, 0.25) is 0 Å². The normalized spacial score (nSPS) is 16.2. The molecule has 1 aliphatic rings. The summed E-state index contributed by atoms with van der Waals surface area (Å²) in [6.45, 7) is 1.49. The van der Waals surface area contributed by atoms with Crippen LogP contribution in [0.5, 0.6) is 5.75 Å². The Morgan fingerprint density at radius 2 is 2.19 bits per heavy atom. The van der Waals surface area contributed by atoms with Gasteiger partial charge in [-0.3, -0.25) is 9.59 Å². The third-order valence-electron chi connectivity index (χ3n) is 3.73. The van der Waals surface area contributed by atoms with Crippen molar-refractivity contribution in [1.82, 2.24) is 15.0 Å². The van der Waals surface area contributed by atoms with Crippen LogP contribution in [0.25, 0.3) is 0 Å². The van der Waals surface area contributed by atoms with E-state index in [1.807, 2.05) is 0 Å². The molecule has 1 atom stereocenters. The van der Waals surface area contributed by atoms with E-state index in [0.717, 1.165) is 0 Å². The summed E-state index contributed by atoms with van der Waals surface area (Å²) in [5, 5.41) is 2.57. The number of sulfonamides is 1. The van der Waals surface area contributed by atoms with Crippen LogP contribution in [0, 0.1) is 12.7 Å². The van der Waals surface area contributed by atoms with E-state index in [0.29, 0.717) is 22.6 Å². The highest BCUT2D eigenvalue weighted by molar-refractivity contribution is 7.91. The van der Waals surface area contributed by atoms with Crippen LogP contribution in [-0.4, -0.2) is 38.5 Å². The average Bonchev–Trinajstić information content (AvgIpc) is 3.14. The number of ether oxygens (including phenoxy) is 1. The van der Waals surface area contributed by atoms with Crippen molar-refractivity contribution in [3.05, 3.63) is 44.9 Å². The van der Waals surface area contributed by atoms with Gasteiger partial charge in [-0.2, -0.15) is 0 Å². The van der Waals surface area contributed by atoms with Crippen molar-refractivity contribution in [2.45, 2.75) is 23.7 Å². The number of rotatable bonds is 6. The zero-order chi connectivity index (χ0) is 18.9. The number of carbonyl (C=O) groups is 1. The highest BCUT2D eigenvalue weighted by Crippen LogP contribution is 2.29. The van der Waals surface area contributed by atoms with Gasteiger partial charge in [0, 0.05) is 30.8 Å². The van der Waals surface area contributed by atoms with E-state index in [1.54, 1.807) is 0 Å². The van der Waals surface area contributed by atoms with Crippen molar-refractivity contribution in [2.75, 3.05) is 13.1 Å². The van der Waals surface area contributed by atoms with Gasteiger partial charge in [0.05, 0.1) is 0 Å². The highest BCUT2D eigenvalue weighted by Gasteiger charge is 2.29. The highest BCUT2D eigenvalue weighted by atomic mass is 32.2. The zero-order valence-electron chi connectivity index (χ0n) is 13.7. The van der Waals surface area contributed by atoms with Gasteiger partial charge in [-0.1, -0.05) is 11.3 Å². The van der Waals surface area contributed by atoms with Crippen molar-refractivity contribution in [3.63, 3.8) is 0 Å². The minimum atomic E-state index is -3.82. The number of aromatic amines is 1. The maximum absolute atomic E-state index is 13.2. The molecule has 0 unspecified atom stereocenters. The van der Waals surface area contributed by atoms with Crippen LogP contribution in [0.1, 0.15) is 11.3 Å². The maximum Gasteiger partial charge on any atom is 0.305 e. The molecule has 0 aliphatic carbocycles. The first kappa shape index (κ1) is 18.5. The smallest absolute Gasteiger partial charge is 0.305 e. The number of hydrogen-bond donors (Lipinski definition) is 3. The Morgan fingerprint density at radius 3 is 2.88 bits per heavy atom. The molecule has 1 amide bonds. The lowest BCUT2D eigenvalue weighted by molar-refractivity contribution is -0.127. The third-order valence-corrected chi connectivity index (χ3v) is 6.80. The van der Waals surface area contributed by atoms with Gasteiger partial charge in [0.2, 0.25) is 0 Å². The molecule has 8 nitrogen and oxygen atoms in total. The Bertz CT molecular complexity index is 999. The van der Waals surface area contributed by atoms with Crippen LogP contribution in [0.4, 0.5) is 4.39 Å². The van der Waals surface area contributed by atoms with Crippen molar-refractivity contribution < 1.29 is 22.3 Å². The van der Waals surface area contributed by atoms with Gasteiger partial charge in [-0.15, -0.1) is 0 Å². The Labute approximate surface area is 152 Å². The Kier molecular flexibility index (Phi) is 5.12. The molecular formula is C15H16FN3O5S2. The van der Waals surface area contributed by atoms with Gasteiger partial charge in [-0.05, 0) is 25.1 Å². The van der Waals surface area contributed by atoms with E-state index in [4.69, 9.17) is 4.74 Å². The fourth-order valence-corrected chi connectivity index (χ4v) is 4.94. The van der Waals surface area contributed by atoms with Gasteiger partial charge < -0.3 is 15.0 Å². The number of halogens is 1. The van der Waals surface area contributed by atoms with Crippen LogP contribution in [0.3, 0.4) is 0 Å². The summed E-state index contributed by atoms with van der Waals surface area (Å²) in [4.78, 5) is 25.3. The number of thiazole rings is 1. The maximum atomic E-state index is 13.2. The number of hydrogen-bond acceptors (Lipinski definition) is 6. The van der Waals surface area contributed by atoms with Crippen LogP contribution < -0.4 is 19.6 Å². The lowest BCUT2D eigenvalue weighted by atomic mass is 10.1. The number of nitrogens with one attached hydrogen (secondary N) is 3. The van der Waals surface area contributed by atoms with E-state index in [-0.39, 0.29) is 29.4 Å². The van der Waals surface area contributed by atoms with Crippen LogP contribution in [0.15, 0.2) is 27.2 Å². The molecule has 26 heavy (non-hydrogen) atoms. The van der Waals surface area contributed by atoms with E-state index in [1.165, 1.54) is 25.1 Å². The van der Waals surface area contributed by atoms with E-state index >= 15 is 0 Å². The number of aromatic nitrogens is 1. The summed E-state index contributed by atoms with van der Waals surface area (Å²) < 4.78 is 45.1. The molecule has 0 radical (unpaired) electrons. The van der Waals surface area contributed by atoms with E-state index in [2.05, 4.69) is 15.0 Å². The Morgan fingerprint density at radius 1 is 1.42 bits per heavy atom. The average molecular weight is 401 g/mol. The summed E-state index contributed by atoms with van der Waals surface area (Å²) in [7, 11) is -3.82. The van der Waals surface area contributed by atoms with Gasteiger partial charge >= 0.3 is 4.87 Å². The Hall–Kier alpha value is -2.24. The zero-order valence-corrected chi connectivity index (χ0v) is 15.3. The van der Waals surface area contributed by atoms with Gasteiger partial charge in [0.1, 0.15) is 11.6 Å². The molecule has 1 aliphatic heterocycles. The molecular weight excluding hydrogens is 385 g/mol. The number of amides is 1. The van der Waals surface area contributed by atoms with Gasteiger partial charge in [0.25, 0.3) is 15.9 Å². The summed E-state index contributed by atoms with van der Waals surface area (Å²) >= 11 is 0.601. The van der Waals surface area contributed by atoms with Gasteiger partial charge in [-0.25, -0.2) is 17.5 Å². The summed E-state index contributed by atoms with van der Waals surface area (Å²) in [5.41, 5.74) is 0.879. The molecule has 0 saturated carbocycles. The molecule has 0 bridgehead atoms. The second-order valence-corrected chi connectivity index (χ2v) is 8.62. The molecule has 3 N–H and O–H groups in total. The van der Waals surface area contributed by atoms with Crippen molar-refractivity contribution in [1.29, 1.82) is 0 Å². The largest absolute Gasteiger partial charge is 0.480 e. The first-order valence-electron chi connectivity index (χ1n) is 7.68. The minimum Gasteiger partial charge on any atom is -0.480 e. The predicted molar refractivity (Wildman–Crippen MR) is 92.4 cm³/mol. The fourth-order valence-electron chi connectivity index (χ4n) is 2.56.